The number of nitrogens with zero attached hydrogens (tertiary/aromatic N) is 2. The molecule has 3 aromatic rings. The molecular formula is C16H12F3N5S. The van der Waals surface area contributed by atoms with E-state index in [0.717, 1.165) is 11.8 Å². The van der Waals surface area contributed by atoms with Crippen LogP contribution in [-0.2, 0) is 0 Å². The van der Waals surface area contributed by atoms with Gasteiger partial charge in [-0.1, -0.05) is 36.0 Å². The second-order valence-electron chi connectivity index (χ2n) is 5.08. The molecule has 0 radical (unpaired) electrons. The summed E-state index contributed by atoms with van der Waals surface area (Å²) in [5.41, 5.74) is 6.07. The summed E-state index contributed by atoms with van der Waals surface area (Å²) < 4.78 is 39.8. The highest BCUT2D eigenvalue weighted by Crippen LogP contribution is 2.30. The number of fused-ring (bicyclic) bond motifs is 1. The van der Waals surface area contributed by atoms with E-state index in [-0.39, 0.29) is 16.1 Å². The zero-order valence-electron chi connectivity index (χ0n) is 12.6. The first-order chi connectivity index (χ1) is 11.8. The fraction of sp³-hybridized carbons (Fsp3) is 0.0625. The fourth-order valence-corrected chi connectivity index (χ4v) is 3.11. The largest absolute Gasteiger partial charge is 0.449 e. The predicted octanol–water partition coefficient (Wildman–Crippen LogP) is 3.64. The van der Waals surface area contributed by atoms with Gasteiger partial charge >= 0.3 is 6.18 Å². The molecule has 2 aromatic carbocycles. The highest BCUT2D eigenvalue weighted by Gasteiger charge is 2.37. The SMILES string of the molecule is N=C(n1c(=N)c(Sc2ccccc2N)nc2ccccc21)C(F)(F)F. The van der Waals surface area contributed by atoms with E-state index in [1.54, 1.807) is 30.3 Å². The van der Waals surface area contributed by atoms with E-state index in [2.05, 4.69) is 4.98 Å². The number of para-hydroxylation sites is 3. The molecule has 0 unspecified atom stereocenters. The second kappa shape index (κ2) is 6.25. The number of anilines is 1. The van der Waals surface area contributed by atoms with Crippen LogP contribution in [0.2, 0.25) is 0 Å². The smallest absolute Gasteiger partial charge is 0.398 e. The normalized spacial score (nSPS) is 11.6. The summed E-state index contributed by atoms with van der Waals surface area (Å²) in [6.07, 6.45) is -4.89. The van der Waals surface area contributed by atoms with Crippen molar-refractivity contribution in [3.63, 3.8) is 0 Å². The first-order valence-electron chi connectivity index (χ1n) is 7.04. The molecule has 0 spiro atoms. The highest BCUT2D eigenvalue weighted by molar-refractivity contribution is 7.99. The molecular weight excluding hydrogens is 351 g/mol. The summed E-state index contributed by atoms with van der Waals surface area (Å²) in [4.78, 5) is 4.84. The van der Waals surface area contributed by atoms with Crippen molar-refractivity contribution in [2.45, 2.75) is 16.1 Å². The summed E-state index contributed by atoms with van der Waals surface area (Å²) in [5.74, 6) is -1.64. The quantitative estimate of drug-likeness (QED) is 0.369. The van der Waals surface area contributed by atoms with E-state index in [9.17, 15) is 13.2 Å². The molecule has 3 rings (SSSR count). The Morgan fingerprint density at radius 1 is 1.08 bits per heavy atom. The average Bonchev–Trinajstić information content (AvgIpc) is 2.56. The van der Waals surface area contributed by atoms with Crippen molar-refractivity contribution >= 4 is 34.3 Å². The van der Waals surface area contributed by atoms with E-state index < -0.39 is 17.5 Å². The van der Waals surface area contributed by atoms with Crippen molar-refractivity contribution in [2.24, 2.45) is 0 Å². The van der Waals surface area contributed by atoms with E-state index in [0.29, 0.717) is 15.1 Å². The molecule has 0 saturated heterocycles. The zero-order chi connectivity index (χ0) is 18.2. The molecule has 0 aliphatic rings. The highest BCUT2D eigenvalue weighted by atomic mass is 32.2. The van der Waals surface area contributed by atoms with Gasteiger partial charge in [0.1, 0.15) is 5.03 Å². The molecule has 0 aliphatic carbocycles. The van der Waals surface area contributed by atoms with Crippen LogP contribution in [0.4, 0.5) is 18.9 Å². The lowest BCUT2D eigenvalue weighted by atomic mass is 10.3. The molecule has 0 fully saturated rings. The molecule has 5 nitrogen and oxygen atoms in total. The van der Waals surface area contributed by atoms with Gasteiger partial charge in [-0.2, -0.15) is 13.2 Å². The lowest BCUT2D eigenvalue weighted by Gasteiger charge is -2.16. The zero-order valence-corrected chi connectivity index (χ0v) is 13.4. The van der Waals surface area contributed by atoms with Crippen molar-refractivity contribution in [1.82, 2.24) is 9.55 Å². The number of aromatic nitrogens is 2. The van der Waals surface area contributed by atoms with Gasteiger partial charge in [0.05, 0.1) is 11.0 Å². The van der Waals surface area contributed by atoms with Crippen LogP contribution in [0, 0.1) is 10.8 Å². The molecule has 1 aromatic heterocycles. The Morgan fingerprint density at radius 3 is 2.40 bits per heavy atom. The van der Waals surface area contributed by atoms with Crippen LogP contribution in [0.25, 0.3) is 11.0 Å². The third-order valence-electron chi connectivity index (χ3n) is 3.39. The van der Waals surface area contributed by atoms with Crippen molar-refractivity contribution in [3.8, 4) is 0 Å². The summed E-state index contributed by atoms with van der Waals surface area (Å²) >= 11 is 0.989. The number of halogens is 3. The Balaban J connectivity index is 2.25. The predicted molar refractivity (Wildman–Crippen MR) is 89.7 cm³/mol. The first kappa shape index (κ1) is 17.0. The minimum atomic E-state index is -4.89. The number of hydrogen-bond donors (Lipinski definition) is 3. The third kappa shape index (κ3) is 3.22. The molecule has 0 aliphatic heterocycles. The maximum absolute atomic E-state index is 13.1. The monoisotopic (exact) mass is 363 g/mol. The topological polar surface area (TPSA) is 91.5 Å². The van der Waals surface area contributed by atoms with Gasteiger partial charge in [-0.15, -0.1) is 0 Å². The number of benzene rings is 2. The van der Waals surface area contributed by atoms with Crippen LogP contribution < -0.4 is 11.2 Å². The molecule has 25 heavy (non-hydrogen) atoms. The summed E-state index contributed by atoms with van der Waals surface area (Å²) in [7, 11) is 0. The van der Waals surface area contributed by atoms with Gasteiger partial charge in [0.15, 0.2) is 5.49 Å². The Bertz CT molecular complexity index is 1030. The first-order valence-corrected chi connectivity index (χ1v) is 7.85. The standard InChI is InChI=1S/C16H12F3N5S/c17-16(18,19)15(22)24-11-7-3-2-6-10(11)23-14(13(24)21)25-12-8-4-1-5-9(12)20/h1-8,21-22H,20H2. The van der Waals surface area contributed by atoms with Crippen LogP contribution in [-0.4, -0.2) is 21.6 Å². The molecule has 9 heteroatoms. The number of rotatable bonds is 2. The Labute approximate surface area is 144 Å². The summed E-state index contributed by atoms with van der Waals surface area (Å²) in [6, 6.07) is 12.9. The van der Waals surface area contributed by atoms with Crippen molar-refractivity contribution in [2.75, 3.05) is 5.73 Å². The van der Waals surface area contributed by atoms with Crippen LogP contribution in [0.3, 0.4) is 0 Å². The Kier molecular flexibility index (Phi) is 4.25. The lowest BCUT2D eigenvalue weighted by Crippen LogP contribution is -2.38. The Morgan fingerprint density at radius 2 is 1.72 bits per heavy atom. The Hall–Kier alpha value is -2.81. The molecule has 128 valence electrons. The number of nitrogen functional groups attached to an aromatic ring is 1. The van der Waals surface area contributed by atoms with Crippen LogP contribution in [0.5, 0.6) is 0 Å². The second-order valence-corrected chi connectivity index (χ2v) is 6.11. The molecule has 0 atom stereocenters. The molecule has 0 amide bonds. The van der Waals surface area contributed by atoms with Crippen molar-refractivity contribution in [3.05, 3.63) is 54.0 Å². The van der Waals surface area contributed by atoms with E-state index in [1.807, 2.05) is 0 Å². The number of alkyl halides is 3. The fourth-order valence-electron chi connectivity index (χ4n) is 2.23. The number of nitrogens with one attached hydrogen (secondary N) is 2. The van der Waals surface area contributed by atoms with E-state index >= 15 is 0 Å². The third-order valence-corrected chi connectivity index (χ3v) is 4.46. The molecule has 4 N–H and O–H groups in total. The minimum absolute atomic E-state index is 0.0330. The number of nitrogens with two attached hydrogens (primary N) is 1. The van der Waals surface area contributed by atoms with Gasteiger partial charge in [-0.25, -0.2) is 4.98 Å². The average molecular weight is 363 g/mol. The summed E-state index contributed by atoms with van der Waals surface area (Å²) in [6.45, 7) is 0. The minimum Gasteiger partial charge on any atom is -0.398 e. The van der Waals surface area contributed by atoms with Crippen LogP contribution >= 0.6 is 11.8 Å². The van der Waals surface area contributed by atoms with Crippen molar-refractivity contribution in [1.29, 1.82) is 10.8 Å². The van der Waals surface area contributed by atoms with Gasteiger partial charge in [-0.3, -0.25) is 15.4 Å². The van der Waals surface area contributed by atoms with Gasteiger partial charge < -0.3 is 5.73 Å². The number of hydrogen-bond acceptors (Lipinski definition) is 5. The van der Waals surface area contributed by atoms with Gasteiger partial charge in [-0.05, 0) is 24.3 Å². The molecule has 0 bridgehead atoms. The van der Waals surface area contributed by atoms with Gasteiger partial charge in [0.25, 0.3) is 0 Å². The van der Waals surface area contributed by atoms with Gasteiger partial charge in [0.2, 0.25) is 5.84 Å². The molecule has 0 saturated carbocycles. The van der Waals surface area contributed by atoms with E-state index in [1.165, 1.54) is 18.2 Å². The van der Waals surface area contributed by atoms with Crippen molar-refractivity contribution < 1.29 is 13.2 Å². The van der Waals surface area contributed by atoms with Gasteiger partial charge in [0, 0.05) is 10.6 Å². The summed E-state index contributed by atoms with van der Waals surface area (Å²) in [5, 5.41) is 15.7. The van der Waals surface area contributed by atoms with Crippen LogP contribution in [0.15, 0.2) is 58.5 Å². The lowest BCUT2D eigenvalue weighted by molar-refractivity contribution is -0.0624. The maximum atomic E-state index is 13.1. The molecule has 1 heterocycles. The van der Waals surface area contributed by atoms with Crippen LogP contribution in [0.1, 0.15) is 0 Å². The maximum Gasteiger partial charge on any atom is 0.449 e. The van der Waals surface area contributed by atoms with E-state index in [4.69, 9.17) is 16.6 Å².